The first-order chi connectivity index (χ1) is 13.1. The van der Waals surface area contributed by atoms with Crippen LogP contribution in [-0.4, -0.2) is 31.4 Å². The smallest absolute Gasteiger partial charge is 0.230 e. The molecule has 1 atom stereocenters. The summed E-state index contributed by atoms with van der Waals surface area (Å²) in [5.41, 5.74) is 2.02. The number of halogens is 1. The van der Waals surface area contributed by atoms with Gasteiger partial charge in [-0.15, -0.1) is 10.2 Å². The van der Waals surface area contributed by atoms with E-state index >= 15 is 0 Å². The van der Waals surface area contributed by atoms with Gasteiger partial charge in [0.25, 0.3) is 0 Å². The molecule has 3 aromatic rings. The molecule has 0 aliphatic heterocycles. The molecular weight excluding hydrogens is 426 g/mol. The van der Waals surface area contributed by atoms with Gasteiger partial charge in [-0.05, 0) is 43.7 Å². The van der Waals surface area contributed by atoms with Crippen LogP contribution in [0.5, 0.6) is 0 Å². The number of benzene rings is 1. The molecule has 2 aromatic heterocycles. The zero-order valence-corrected chi connectivity index (χ0v) is 17.5. The van der Waals surface area contributed by atoms with Gasteiger partial charge in [-0.1, -0.05) is 39.8 Å². The normalized spacial score (nSPS) is 12.0. The number of hydrogen-bond donors (Lipinski definition) is 1. The molecule has 1 N–H and O–H groups in total. The lowest BCUT2D eigenvalue weighted by atomic mass is 10.1. The average Bonchev–Trinajstić information content (AvgIpc) is 3.10. The van der Waals surface area contributed by atoms with Crippen LogP contribution < -0.4 is 5.32 Å². The van der Waals surface area contributed by atoms with Crippen molar-refractivity contribution < 1.29 is 4.79 Å². The summed E-state index contributed by atoms with van der Waals surface area (Å²) < 4.78 is 3.02. The quantitative estimate of drug-likeness (QED) is 0.554. The molecule has 140 valence electrons. The molecule has 0 spiro atoms. The monoisotopic (exact) mass is 445 g/mol. The fourth-order valence-electron chi connectivity index (χ4n) is 2.64. The summed E-state index contributed by atoms with van der Waals surface area (Å²) in [7, 11) is 0. The van der Waals surface area contributed by atoms with E-state index < -0.39 is 0 Å². The van der Waals surface area contributed by atoms with E-state index in [2.05, 4.69) is 36.4 Å². The van der Waals surface area contributed by atoms with Gasteiger partial charge in [-0.25, -0.2) is 0 Å². The van der Waals surface area contributed by atoms with Crippen LogP contribution >= 0.6 is 27.7 Å². The van der Waals surface area contributed by atoms with Crippen molar-refractivity contribution in [1.82, 2.24) is 25.1 Å². The maximum atomic E-state index is 12.3. The third kappa shape index (κ3) is 4.95. The first-order valence-corrected chi connectivity index (χ1v) is 10.4. The second-order valence-corrected chi connectivity index (χ2v) is 7.77. The zero-order valence-electron chi connectivity index (χ0n) is 15.1. The summed E-state index contributed by atoms with van der Waals surface area (Å²) in [6.45, 7) is 4.74. The number of nitrogens with one attached hydrogen (secondary N) is 1. The van der Waals surface area contributed by atoms with E-state index in [0.29, 0.717) is 0 Å². The number of rotatable bonds is 7. The number of thioether (sulfide) groups is 1. The minimum atomic E-state index is -0.0531. The molecule has 1 amide bonds. The molecule has 0 aliphatic rings. The molecule has 8 heteroatoms. The highest BCUT2D eigenvalue weighted by Crippen LogP contribution is 2.23. The van der Waals surface area contributed by atoms with Gasteiger partial charge in [-0.3, -0.25) is 9.78 Å². The maximum absolute atomic E-state index is 12.3. The van der Waals surface area contributed by atoms with Crippen molar-refractivity contribution >= 4 is 33.6 Å². The summed E-state index contributed by atoms with van der Waals surface area (Å²) in [6.07, 6.45) is 3.46. The minimum absolute atomic E-state index is 0.0356. The van der Waals surface area contributed by atoms with E-state index in [9.17, 15) is 4.79 Å². The van der Waals surface area contributed by atoms with E-state index in [-0.39, 0.29) is 17.7 Å². The number of aromatic nitrogens is 4. The standard InChI is InChI=1S/C19H20BrN5OS/c1-3-25-18(15-8-10-21-11-9-15)23-24-19(25)27-12-17(26)22-13(2)14-4-6-16(20)7-5-14/h4-11,13H,3,12H2,1-2H3,(H,22,26). The zero-order chi connectivity index (χ0) is 19.2. The maximum Gasteiger partial charge on any atom is 0.230 e. The Morgan fingerprint density at radius 2 is 1.89 bits per heavy atom. The Morgan fingerprint density at radius 3 is 2.56 bits per heavy atom. The van der Waals surface area contributed by atoms with Crippen LogP contribution in [0.25, 0.3) is 11.4 Å². The lowest BCUT2D eigenvalue weighted by molar-refractivity contribution is -0.119. The second-order valence-electron chi connectivity index (χ2n) is 5.92. The Hall–Kier alpha value is -2.19. The van der Waals surface area contributed by atoms with Crippen molar-refractivity contribution in [3.8, 4) is 11.4 Å². The van der Waals surface area contributed by atoms with E-state index in [1.165, 1.54) is 11.8 Å². The summed E-state index contributed by atoms with van der Waals surface area (Å²) in [5.74, 6) is 1.03. The predicted molar refractivity (Wildman–Crippen MR) is 110 cm³/mol. The van der Waals surface area contributed by atoms with Gasteiger partial charge in [0, 0.05) is 29.0 Å². The highest BCUT2D eigenvalue weighted by atomic mass is 79.9. The first kappa shape index (κ1) is 19.6. The molecule has 0 radical (unpaired) electrons. The Balaban J connectivity index is 1.62. The van der Waals surface area contributed by atoms with Crippen LogP contribution in [0, 0.1) is 0 Å². The summed E-state index contributed by atoms with van der Waals surface area (Å²) in [4.78, 5) is 16.4. The molecule has 0 saturated heterocycles. The molecule has 1 unspecified atom stereocenters. The van der Waals surface area contributed by atoms with E-state index in [1.807, 2.05) is 54.8 Å². The first-order valence-electron chi connectivity index (χ1n) is 8.59. The number of amides is 1. The van der Waals surface area contributed by atoms with Crippen molar-refractivity contribution in [2.24, 2.45) is 0 Å². The van der Waals surface area contributed by atoms with Gasteiger partial charge in [-0.2, -0.15) is 0 Å². The van der Waals surface area contributed by atoms with Crippen LogP contribution in [0.4, 0.5) is 0 Å². The lowest BCUT2D eigenvalue weighted by Gasteiger charge is -2.14. The van der Waals surface area contributed by atoms with E-state index in [4.69, 9.17) is 0 Å². The van der Waals surface area contributed by atoms with Gasteiger partial charge in [0.15, 0.2) is 11.0 Å². The summed E-state index contributed by atoms with van der Waals surface area (Å²) in [5, 5.41) is 12.3. The van der Waals surface area contributed by atoms with Crippen molar-refractivity contribution in [2.75, 3.05) is 5.75 Å². The van der Waals surface area contributed by atoms with Crippen LogP contribution in [0.3, 0.4) is 0 Å². The molecule has 6 nitrogen and oxygen atoms in total. The van der Waals surface area contributed by atoms with E-state index in [1.54, 1.807) is 12.4 Å². The molecule has 0 saturated carbocycles. The molecule has 2 heterocycles. The number of hydrogen-bond acceptors (Lipinski definition) is 5. The lowest BCUT2D eigenvalue weighted by Crippen LogP contribution is -2.28. The van der Waals surface area contributed by atoms with Crippen LogP contribution in [0.1, 0.15) is 25.5 Å². The summed E-state index contributed by atoms with van der Waals surface area (Å²) in [6, 6.07) is 11.7. The Morgan fingerprint density at radius 1 is 1.19 bits per heavy atom. The predicted octanol–water partition coefficient (Wildman–Crippen LogP) is 4.09. The second kappa shape index (κ2) is 9.14. The van der Waals surface area contributed by atoms with Crippen molar-refractivity contribution in [1.29, 1.82) is 0 Å². The van der Waals surface area contributed by atoms with Gasteiger partial charge in [0.2, 0.25) is 5.91 Å². The fraction of sp³-hybridized carbons (Fsp3) is 0.263. The Labute approximate surface area is 170 Å². The van der Waals surface area contributed by atoms with Gasteiger partial charge < -0.3 is 9.88 Å². The third-order valence-electron chi connectivity index (χ3n) is 4.05. The largest absolute Gasteiger partial charge is 0.349 e. The number of carbonyl (C=O) groups is 1. The highest BCUT2D eigenvalue weighted by molar-refractivity contribution is 9.10. The van der Waals surface area contributed by atoms with Gasteiger partial charge in [0.1, 0.15) is 0 Å². The number of nitrogens with zero attached hydrogens (tertiary/aromatic N) is 4. The molecule has 3 rings (SSSR count). The molecule has 27 heavy (non-hydrogen) atoms. The molecule has 0 aliphatic carbocycles. The van der Waals surface area contributed by atoms with Crippen molar-refractivity contribution in [2.45, 2.75) is 31.6 Å². The fourth-order valence-corrected chi connectivity index (χ4v) is 3.72. The summed E-state index contributed by atoms with van der Waals surface area (Å²) >= 11 is 4.81. The van der Waals surface area contributed by atoms with Crippen LogP contribution in [0.2, 0.25) is 0 Å². The van der Waals surface area contributed by atoms with Crippen molar-refractivity contribution in [3.63, 3.8) is 0 Å². The van der Waals surface area contributed by atoms with Crippen molar-refractivity contribution in [3.05, 3.63) is 58.8 Å². The van der Waals surface area contributed by atoms with E-state index in [0.717, 1.165) is 33.1 Å². The third-order valence-corrected chi connectivity index (χ3v) is 5.55. The van der Waals surface area contributed by atoms with Gasteiger partial charge >= 0.3 is 0 Å². The Bertz CT molecular complexity index is 898. The Kier molecular flexibility index (Phi) is 6.63. The molecular formula is C19H20BrN5OS. The molecule has 1 aromatic carbocycles. The number of pyridine rings is 1. The molecule has 0 bridgehead atoms. The highest BCUT2D eigenvalue weighted by Gasteiger charge is 2.15. The van der Waals surface area contributed by atoms with Gasteiger partial charge in [0.05, 0.1) is 11.8 Å². The van der Waals surface area contributed by atoms with Crippen LogP contribution in [-0.2, 0) is 11.3 Å². The SMILES string of the molecule is CCn1c(SCC(=O)NC(C)c2ccc(Br)cc2)nnc1-c1ccncc1. The topological polar surface area (TPSA) is 72.7 Å². The molecule has 0 fully saturated rings. The van der Waals surface area contributed by atoms with Crippen LogP contribution in [0.15, 0.2) is 58.4 Å². The minimum Gasteiger partial charge on any atom is -0.349 e. The number of carbonyl (C=O) groups excluding carboxylic acids is 1. The average molecular weight is 446 g/mol.